The molecule has 0 atom stereocenters. The van der Waals surface area contributed by atoms with Crippen molar-refractivity contribution in [2.24, 2.45) is 17.8 Å². The molecule has 0 N–H and O–H groups in total. The summed E-state index contributed by atoms with van der Waals surface area (Å²) >= 11 is 0. The largest absolute Gasteiger partial charge is 0.339 e. The van der Waals surface area contributed by atoms with Gasteiger partial charge in [0.15, 0.2) is 5.82 Å². The molecule has 0 radical (unpaired) electrons. The number of nitriles is 1. The van der Waals surface area contributed by atoms with Crippen molar-refractivity contribution in [2.45, 2.75) is 63.2 Å². The van der Waals surface area contributed by atoms with Gasteiger partial charge in [-0.15, -0.1) is 0 Å². The molecule has 5 rings (SSSR count). The monoisotopic (exact) mass is 271 g/mol. The van der Waals surface area contributed by atoms with Crippen LogP contribution in [0.2, 0.25) is 0 Å². The third-order valence-electron chi connectivity index (χ3n) is 5.66. The number of rotatable bonds is 4. The first-order chi connectivity index (χ1) is 9.77. The summed E-state index contributed by atoms with van der Waals surface area (Å²) in [7, 11) is 0. The van der Waals surface area contributed by atoms with Crippen LogP contribution in [0, 0.1) is 29.1 Å². The van der Waals surface area contributed by atoms with Crippen molar-refractivity contribution in [3.05, 3.63) is 11.7 Å². The SMILES string of the molecule is N#CCCCc1nc(C23CC4CC(CC(C4)C2)C3)no1. The first kappa shape index (κ1) is 12.4. The van der Waals surface area contributed by atoms with Gasteiger partial charge in [-0.25, -0.2) is 0 Å². The van der Waals surface area contributed by atoms with Crippen LogP contribution >= 0.6 is 0 Å². The van der Waals surface area contributed by atoms with Crippen LogP contribution in [-0.4, -0.2) is 10.1 Å². The maximum atomic E-state index is 8.59. The van der Waals surface area contributed by atoms with Gasteiger partial charge < -0.3 is 4.52 Å². The highest BCUT2D eigenvalue weighted by Gasteiger charge is 2.53. The van der Waals surface area contributed by atoms with E-state index in [0.29, 0.717) is 6.42 Å². The molecule has 1 heterocycles. The normalized spacial score (nSPS) is 38.0. The number of unbranched alkanes of at least 4 members (excludes halogenated alkanes) is 1. The highest BCUT2D eigenvalue weighted by Crippen LogP contribution is 2.60. The fraction of sp³-hybridized carbons (Fsp3) is 0.812. The number of hydrogen-bond acceptors (Lipinski definition) is 4. The lowest BCUT2D eigenvalue weighted by Gasteiger charge is -2.55. The highest BCUT2D eigenvalue weighted by molar-refractivity contribution is 5.16. The fourth-order valence-electron chi connectivity index (χ4n) is 5.27. The van der Waals surface area contributed by atoms with E-state index in [1.807, 2.05) is 0 Å². The van der Waals surface area contributed by atoms with Crippen molar-refractivity contribution < 1.29 is 4.52 Å². The minimum absolute atomic E-state index is 0.228. The second-order valence-electron chi connectivity index (χ2n) is 7.22. The van der Waals surface area contributed by atoms with Gasteiger partial charge in [0.1, 0.15) is 0 Å². The summed E-state index contributed by atoms with van der Waals surface area (Å²) in [5.74, 6) is 4.42. The van der Waals surface area contributed by atoms with Gasteiger partial charge >= 0.3 is 0 Å². The Hall–Kier alpha value is -1.37. The van der Waals surface area contributed by atoms with Gasteiger partial charge in [0.25, 0.3) is 0 Å². The van der Waals surface area contributed by atoms with Gasteiger partial charge in [-0.3, -0.25) is 0 Å². The third-order valence-corrected chi connectivity index (χ3v) is 5.66. The standard InChI is InChI=1S/C16H21N3O/c17-4-2-1-3-14-18-15(19-20-14)16-8-11-5-12(9-16)7-13(6-11)10-16/h11-13H,1-3,5-10H2. The Balaban J connectivity index is 1.54. The Morgan fingerprint density at radius 2 is 1.80 bits per heavy atom. The number of aromatic nitrogens is 2. The van der Waals surface area contributed by atoms with E-state index >= 15 is 0 Å². The number of hydrogen-bond donors (Lipinski definition) is 0. The minimum Gasteiger partial charge on any atom is -0.339 e. The molecule has 0 spiro atoms. The minimum atomic E-state index is 0.228. The summed E-state index contributed by atoms with van der Waals surface area (Å²) in [6.45, 7) is 0. The van der Waals surface area contributed by atoms with Gasteiger partial charge in [0.2, 0.25) is 5.89 Å². The second kappa shape index (κ2) is 4.58. The Kier molecular flexibility index (Phi) is 2.83. The maximum Gasteiger partial charge on any atom is 0.226 e. The predicted octanol–water partition coefficient (Wildman–Crippen LogP) is 3.38. The zero-order valence-corrected chi connectivity index (χ0v) is 11.8. The van der Waals surface area contributed by atoms with Crippen LogP contribution in [-0.2, 0) is 11.8 Å². The molecule has 0 unspecified atom stereocenters. The van der Waals surface area contributed by atoms with Crippen molar-refractivity contribution in [3.8, 4) is 6.07 Å². The molecule has 1 aromatic rings. The van der Waals surface area contributed by atoms with Crippen LogP contribution in [0.5, 0.6) is 0 Å². The van der Waals surface area contributed by atoms with Crippen LogP contribution in [0.3, 0.4) is 0 Å². The van der Waals surface area contributed by atoms with E-state index in [1.54, 1.807) is 0 Å². The fourth-order valence-corrected chi connectivity index (χ4v) is 5.27. The van der Waals surface area contributed by atoms with Crippen molar-refractivity contribution in [1.82, 2.24) is 10.1 Å². The Morgan fingerprint density at radius 3 is 2.40 bits per heavy atom. The average Bonchev–Trinajstić information content (AvgIpc) is 2.87. The summed E-state index contributed by atoms with van der Waals surface area (Å²) in [5.41, 5.74) is 0.228. The van der Waals surface area contributed by atoms with Crippen molar-refractivity contribution >= 4 is 0 Å². The lowest BCUT2D eigenvalue weighted by atomic mass is 9.49. The molecule has 106 valence electrons. The van der Waals surface area contributed by atoms with Crippen LogP contribution in [0.15, 0.2) is 4.52 Å². The molecule has 0 saturated heterocycles. The Morgan fingerprint density at radius 1 is 1.15 bits per heavy atom. The lowest BCUT2D eigenvalue weighted by molar-refractivity contribution is -0.0103. The molecule has 4 saturated carbocycles. The molecule has 4 heteroatoms. The zero-order chi connectivity index (χ0) is 13.6. The maximum absolute atomic E-state index is 8.59. The lowest BCUT2D eigenvalue weighted by Crippen LogP contribution is -2.49. The molecular formula is C16H21N3O. The van der Waals surface area contributed by atoms with Gasteiger partial charge in [-0.05, 0) is 62.7 Å². The van der Waals surface area contributed by atoms with E-state index in [9.17, 15) is 0 Å². The molecule has 1 aromatic heterocycles. The van der Waals surface area contributed by atoms with E-state index in [-0.39, 0.29) is 5.41 Å². The first-order valence-corrected chi connectivity index (χ1v) is 7.97. The van der Waals surface area contributed by atoms with Gasteiger partial charge in [0, 0.05) is 18.3 Å². The molecule has 0 aliphatic heterocycles. The summed E-state index contributed by atoms with van der Waals surface area (Å²) < 4.78 is 5.43. The van der Waals surface area contributed by atoms with E-state index in [0.717, 1.165) is 42.3 Å². The van der Waals surface area contributed by atoms with Crippen molar-refractivity contribution in [1.29, 1.82) is 5.26 Å². The van der Waals surface area contributed by atoms with E-state index in [4.69, 9.17) is 9.78 Å². The van der Waals surface area contributed by atoms with E-state index in [1.165, 1.54) is 38.5 Å². The van der Waals surface area contributed by atoms with Crippen LogP contribution < -0.4 is 0 Å². The molecule has 4 nitrogen and oxygen atoms in total. The summed E-state index contributed by atoms with van der Waals surface area (Å²) in [4.78, 5) is 4.68. The molecule has 4 aliphatic rings. The van der Waals surface area contributed by atoms with Gasteiger partial charge in [0.05, 0.1) is 6.07 Å². The van der Waals surface area contributed by atoms with E-state index < -0.39 is 0 Å². The van der Waals surface area contributed by atoms with Crippen LogP contribution in [0.1, 0.15) is 63.1 Å². The Bertz CT molecular complexity index is 507. The first-order valence-electron chi connectivity index (χ1n) is 7.97. The summed E-state index contributed by atoms with van der Waals surface area (Å²) in [6, 6.07) is 2.16. The Labute approximate surface area is 119 Å². The molecule has 20 heavy (non-hydrogen) atoms. The van der Waals surface area contributed by atoms with Crippen molar-refractivity contribution in [2.75, 3.05) is 0 Å². The van der Waals surface area contributed by atoms with Crippen LogP contribution in [0.4, 0.5) is 0 Å². The number of aryl methyl sites for hydroxylation is 1. The smallest absolute Gasteiger partial charge is 0.226 e. The third kappa shape index (κ3) is 1.95. The molecule has 0 aromatic carbocycles. The second-order valence-corrected chi connectivity index (χ2v) is 7.22. The topological polar surface area (TPSA) is 62.7 Å². The predicted molar refractivity (Wildman–Crippen MR) is 72.7 cm³/mol. The molecule has 4 fully saturated rings. The highest BCUT2D eigenvalue weighted by atomic mass is 16.5. The molecule has 4 bridgehead atoms. The van der Waals surface area contributed by atoms with Gasteiger partial charge in [-0.1, -0.05) is 5.16 Å². The summed E-state index contributed by atoms with van der Waals surface area (Å²) in [5, 5.41) is 12.9. The molecule has 4 aliphatic carbocycles. The number of nitrogens with zero attached hydrogens (tertiary/aromatic N) is 3. The van der Waals surface area contributed by atoms with Gasteiger partial charge in [-0.2, -0.15) is 10.2 Å². The quantitative estimate of drug-likeness (QED) is 0.787. The van der Waals surface area contributed by atoms with Crippen LogP contribution in [0.25, 0.3) is 0 Å². The van der Waals surface area contributed by atoms with Crippen molar-refractivity contribution in [3.63, 3.8) is 0 Å². The molecular weight excluding hydrogens is 250 g/mol. The average molecular weight is 271 g/mol. The molecule has 0 amide bonds. The zero-order valence-electron chi connectivity index (χ0n) is 11.8. The van der Waals surface area contributed by atoms with E-state index in [2.05, 4.69) is 16.2 Å². The summed E-state index contributed by atoms with van der Waals surface area (Å²) in [6.07, 6.45) is 10.3.